The average Bonchev–Trinajstić information content (AvgIpc) is 3.45. The first kappa shape index (κ1) is 21.9. The fourth-order valence-electron chi connectivity index (χ4n) is 4.97. The highest BCUT2D eigenvalue weighted by Crippen LogP contribution is 2.39. The highest BCUT2D eigenvalue weighted by molar-refractivity contribution is 6.00. The number of nitrogens with zero attached hydrogens (tertiary/aromatic N) is 6. The lowest BCUT2D eigenvalue weighted by Crippen LogP contribution is -2.05. The van der Waals surface area contributed by atoms with Crippen LogP contribution >= 0.6 is 0 Å². The van der Waals surface area contributed by atoms with Crippen LogP contribution in [-0.2, 0) is 20.0 Å². The Bertz CT molecular complexity index is 1670. The predicted molar refractivity (Wildman–Crippen MR) is 135 cm³/mol. The van der Waals surface area contributed by atoms with Crippen molar-refractivity contribution in [3.63, 3.8) is 0 Å². The Hall–Kier alpha value is -4.60. The fraction of sp³-hybridized carbons (Fsp3) is 0.192. The maximum Gasteiger partial charge on any atom is 0.306 e. The lowest BCUT2D eigenvalue weighted by Gasteiger charge is -2.14. The number of aryl methyl sites for hydroxylation is 4. The molecule has 36 heavy (non-hydrogen) atoms. The third-order valence-electron chi connectivity index (χ3n) is 6.70. The lowest BCUT2D eigenvalue weighted by molar-refractivity contribution is -0.387. The van der Waals surface area contributed by atoms with E-state index in [1.54, 1.807) is 24.0 Å². The lowest BCUT2D eigenvalue weighted by atomic mass is 10.00. The van der Waals surface area contributed by atoms with Gasteiger partial charge >= 0.3 is 5.69 Å². The van der Waals surface area contributed by atoms with Gasteiger partial charge in [-0.3, -0.25) is 14.8 Å². The molecular weight excluding hydrogens is 461 g/mol. The molecule has 9 nitrogen and oxygen atoms in total. The fourth-order valence-corrected chi connectivity index (χ4v) is 4.97. The number of nitrogens with one attached hydrogen (secondary N) is 1. The second kappa shape index (κ2) is 8.26. The van der Waals surface area contributed by atoms with Gasteiger partial charge in [-0.2, -0.15) is 9.49 Å². The van der Waals surface area contributed by atoms with Crippen LogP contribution < -0.4 is 5.32 Å². The Morgan fingerprint density at radius 2 is 2.06 bits per heavy atom. The summed E-state index contributed by atoms with van der Waals surface area (Å²) in [7, 11) is 1.86. The van der Waals surface area contributed by atoms with Crippen LogP contribution in [0.15, 0.2) is 55.0 Å². The summed E-state index contributed by atoms with van der Waals surface area (Å²) in [6, 6.07) is 10.6. The van der Waals surface area contributed by atoms with E-state index in [0.29, 0.717) is 16.9 Å². The van der Waals surface area contributed by atoms with Crippen molar-refractivity contribution in [3.8, 4) is 22.5 Å². The third kappa shape index (κ3) is 3.49. The van der Waals surface area contributed by atoms with Crippen molar-refractivity contribution in [1.82, 2.24) is 24.3 Å². The van der Waals surface area contributed by atoms with E-state index in [2.05, 4.69) is 44.4 Å². The molecule has 0 saturated carbocycles. The molecule has 6 rings (SSSR count). The van der Waals surface area contributed by atoms with Crippen LogP contribution in [-0.4, -0.2) is 29.2 Å². The summed E-state index contributed by atoms with van der Waals surface area (Å²) >= 11 is 0. The molecule has 0 unspecified atom stereocenters. The summed E-state index contributed by atoms with van der Waals surface area (Å²) in [4.78, 5) is 19.9. The van der Waals surface area contributed by atoms with E-state index in [-0.39, 0.29) is 5.95 Å². The van der Waals surface area contributed by atoms with Gasteiger partial charge in [0.2, 0.25) is 11.8 Å². The van der Waals surface area contributed by atoms with E-state index in [0.717, 1.165) is 47.7 Å². The number of para-hydroxylation sites is 1. The van der Waals surface area contributed by atoms with Gasteiger partial charge in [-0.15, -0.1) is 0 Å². The number of halogens is 1. The van der Waals surface area contributed by atoms with E-state index in [1.807, 2.05) is 13.1 Å². The second-order valence-electron chi connectivity index (χ2n) is 8.95. The number of anilines is 2. The number of hydrogen-bond donors (Lipinski definition) is 1. The molecule has 0 saturated heterocycles. The molecule has 10 heteroatoms. The van der Waals surface area contributed by atoms with Crippen molar-refractivity contribution < 1.29 is 9.31 Å². The zero-order valence-corrected chi connectivity index (χ0v) is 19.7. The SMILES string of the molecule is Cc1cc(F)c([N+](=O)[O-])cc1Nc1ncc(-c2ccnn2C)c(-c2cn3c4c(cccc24)CCC3)n1. The van der Waals surface area contributed by atoms with Gasteiger partial charge in [0.05, 0.1) is 27.5 Å². The van der Waals surface area contributed by atoms with E-state index < -0.39 is 16.4 Å². The van der Waals surface area contributed by atoms with Gasteiger partial charge in [-0.1, -0.05) is 18.2 Å². The second-order valence-corrected chi connectivity index (χ2v) is 8.95. The summed E-state index contributed by atoms with van der Waals surface area (Å²) < 4.78 is 18.1. The summed E-state index contributed by atoms with van der Waals surface area (Å²) in [5.74, 6) is -0.628. The van der Waals surface area contributed by atoms with Crippen LogP contribution in [0.2, 0.25) is 0 Å². The van der Waals surface area contributed by atoms with Gasteiger partial charge in [0, 0.05) is 54.8 Å². The Morgan fingerprint density at radius 1 is 1.19 bits per heavy atom. The molecule has 1 N–H and O–H groups in total. The van der Waals surface area contributed by atoms with E-state index in [9.17, 15) is 14.5 Å². The van der Waals surface area contributed by atoms with Gasteiger partial charge in [-0.25, -0.2) is 9.97 Å². The van der Waals surface area contributed by atoms with Crippen molar-refractivity contribution >= 4 is 28.2 Å². The van der Waals surface area contributed by atoms with E-state index in [4.69, 9.17) is 4.98 Å². The Morgan fingerprint density at radius 3 is 2.83 bits per heavy atom. The Balaban J connectivity index is 1.53. The van der Waals surface area contributed by atoms with Crippen molar-refractivity contribution in [1.29, 1.82) is 0 Å². The van der Waals surface area contributed by atoms with Crippen LogP contribution in [0, 0.1) is 22.9 Å². The molecule has 0 bridgehead atoms. The number of nitro groups is 1. The normalized spacial score (nSPS) is 12.8. The molecule has 1 aliphatic rings. The topological polar surface area (TPSA) is 104 Å². The van der Waals surface area contributed by atoms with Gasteiger partial charge in [0.15, 0.2) is 0 Å². The molecule has 3 aromatic heterocycles. The number of rotatable bonds is 5. The average molecular weight is 484 g/mol. The van der Waals surface area contributed by atoms with Gasteiger partial charge < -0.3 is 9.88 Å². The van der Waals surface area contributed by atoms with Crippen molar-refractivity contribution in [3.05, 3.63) is 82.0 Å². The molecule has 5 aromatic rings. The quantitative estimate of drug-likeness (QED) is 0.260. The van der Waals surface area contributed by atoms with Crippen LogP contribution in [0.5, 0.6) is 0 Å². The van der Waals surface area contributed by atoms with E-state index >= 15 is 0 Å². The molecule has 0 amide bonds. The predicted octanol–water partition coefficient (Wildman–Crippen LogP) is 5.54. The molecule has 180 valence electrons. The summed E-state index contributed by atoms with van der Waals surface area (Å²) in [6.07, 6.45) is 7.69. The summed E-state index contributed by atoms with van der Waals surface area (Å²) in [6.45, 7) is 2.61. The third-order valence-corrected chi connectivity index (χ3v) is 6.70. The van der Waals surface area contributed by atoms with Crippen LogP contribution in [0.3, 0.4) is 0 Å². The summed E-state index contributed by atoms with van der Waals surface area (Å²) in [5, 5.41) is 19.7. The number of nitro benzene ring substituents is 1. The van der Waals surface area contributed by atoms with Gasteiger partial charge in [-0.05, 0) is 43.0 Å². The Kier molecular flexibility index (Phi) is 5.03. The number of hydrogen-bond acceptors (Lipinski definition) is 6. The van der Waals surface area contributed by atoms with Crippen LogP contribution in [0.25, 0.3) is 33.4 Å². The van der Waals surface area contributed by atoms with Gasteiger partial charge in [0.1, 0.15) is 0 Å². The maximum absolute atomic E-state index is 14.1. The maximum atomic E-state index is 14.1. The highest BCUT2D eigenvalue weighted by atomic mass is 19.1. The summed E-state index contributed by atoms with van der Waals surface area (Å²) in [5.41, 5.74) is 6.15. The van der Waals surface area contributed by atoms with Crippen LogP contribution in [0.1, 0.15) is 17.5 Å². The first-order valence-corrected chi connectivity index (χ1v) is 11.6. The monoisotopic (exact) mass is 483 g/mol. The minimum atomic E-state index is -0.884. The molecule has 4 heterocycles. The molecule has 1 aliphatic heterocycles. The first-order chi connectivity index (χ1) is 17.4. The van der Waals surface area contributed by atoms with E-state index in [1.165, 1.54) is 17.1 Å². The number of benzene rings is 2. The molecule has 0 aliphatic carbocycles. The largest absolute Gasteiger partial charge is 0.347 e. The van der Waals surface area contributed by atoms with Gasteiger partial charge in [0.25, 0.3) is 0 Å². The molecule has 0 radical (unpaired) electrons. The number of aromatic nitrogens is 5. The smallest absolute Gasteiger partial charge is 0.306 e. The zero-order valence-electron chi connectivity index (χ0n) is 19.7. The zero-order chi connectivity index (χ0) is 25.0. The van der Waals surface area contributed by atoms with Crippen molar-refractivity contribution in [2.75, 3.05) is 5.32 Å². The standard InChI is InChI=1S/C26H22FN7O2/c1-15-11-20(27)23(34(35)36)12-21(15)30-26-28-13-18(22-8-9-29-32(22)2)24(31-26)19-14-33-10-4-6-16-5-3-7-17(19)25(16)33/h3,5,7-9,11-14H,4,6,10H2,1-2H3,(H,28,30,31). The minimum Gasteiger partial charge on any atom is -0.347 e. The Labute approximate surface area is 205 Å². The molecule has 2 aromatic carbocycles. The van der Waals surface area contributed by atoms with Crippen molar-refractivity contribution in [2.24, 2.45) is 7.05 Å². The van der Waals surface area contributed by atoms with Crippen molar-refractivity contribution in [2.45, 2.75) is 26.3 Å². The van der Waals surface area contributed by atoms with Crippen LogP contribution in [0.4, 0.5) is 21.7 Å². The first-order valence-electron chi connectivity index (χ1n) is 11.6. The minimum absolute atomic E-state index is 0.256. The molecular formula is C26H22FN7O2. The molecule has 0 fully saturated rings. The molecule has 0 spiro atoms. The highest BCUT2D eigenvalue weighted by Gasteiger charge is 2.23. The molecule has 0 atom stereocenters.